The van der Waals surface area contributed by atoms with E-state index in [0.717, 1.165) is 12.1 Å². The lowest BCUT2D eigenvalue weighted by Crippen LogP contribution is -2.14. The van der Waals surface area contributed by atoms with Gasteiger partial charge in [0.1, 0.15) is 16.4 Å². The Bertz CT molecular complexity index is 770. The second kappa shape index (κ2) is 4.93. The highest BCUT2D eigenvalue weighted by molar-refractivity contribution is 7.92. The largest absolute Gasteiger partial charge is 0.364 e. The number of hydrogen-bond donors (Lipinski definition) is 2. The molecular weight excluding hydrogens is 287 g/mol. The molecule has 9 heteroatoms. The lowest BCUT2D eigenvalue weighted by Gasteiger charge is -2.04. The first-order valence-corrected chi connectivity index (χ1v) is 6.89. The summed E-state index contributed by atoms with van der Waals surface area (Å²) in [7, 11) is -2.49. The Morgan fingerprint density at radius 3 is 2.70 bits per heavy atom. The van der Waals surface area contributed by atoms with E-state index in [9.17, 15) is 17.6 Å². The van der Waals surface area contributed by atoms with Crippen molar-refractivity contribution < 1.29 is 17.6 Å². The number of hydrogen-bond acceptors (Lipinski definition) is 4. The highest BCUT2D eigenvalue weighted by Gasteiger charge is 2.20. The van der Waals surface area contributed by atoms with E-state index in [1.54, 1.807) is 0 Å². The molecule has 0 spiro atoms. The second-order valence-corrected chi connectivity index (χ2v) is 5.67. The molecule has 0 saturated carbocycles. The minimum atomic E-state index is -3.97. The first-order chi connectivity index (χ1) is 9.29. The Hall–Kier alpha value is -2.42. The SMILES string of the molecule is Cn1cc(S(=O)(=O)Nc2cccc(F)n2)cc1C(N)=O. The van der Waals surface area contributed by atoms with E-state index in [4.69, 9.17) is 5.73 Å². The smallest absolute Gasteiger partial charge is 0.265 e. The highest BCUT2D eigenvalue weighted by Crippen LogP contribution is 2.17. The first-order valence-electron chi connectivity index (χ1n) is 5.41. The summed E-state index contributed by atoms with van der Waals surface area (Å²) in [4.78, 5) is 14.3. The normalized spacial score (nSPS) is 11.3. The Balaban J connectivity index is 2.36. The van der Waals surface area contributed by atoms with E-state index in [1.807, 2.05) is 0 Å². The van der Waals surface area contributed by atoms with Gasteiger partial charge in [0.2, 0.25) is 5.95 Å². The molecule has 2 aromatic heterocycles. The maximum Gasteiger partial charge on any atom is 0.265 e. The number of halogens is 1. The van der Waals surface area contributed by atoms with Gasteiger partial charge < -0.3 is 10.3 Å². The molecule has 3 N–H and O–H groups in total. The molecule has 7 nitrogen and oxygen atoms in total. The van der Waals surface area contributed by atoms with Gasteiger partial charge in [0, 0.05) is 13.2 Å². The number of nitrogens with one attached hydrogen (secondary N) is 1. The van der Waals surface area contributed by atoms with Crippen LogP contribution < -0.4 is 10.5 Å². The molecule has 0 unspecified atom stereocenters. The molecule has 1 amide bonds. The second-order valence-electron chi connectivity index (χ2n) is 3.99. The van der Waals surface area contributed by atoms with Crippen LogP contribution in [0.25, 0.3) is 0 Å². The maximum atomic E-state index is 12.9. The zero-order valence-corrected chi connectivity index (χ0v) is 11.2. The van der Waals surface area contributed by atoms with Gasteiger partial charge in [0.05, 0.1) is 0 Å². The zero-order chi connectivity index (χ0) is 14.9. The summed E-state index contributed by atoms with van der Waals surface area (Å²) < 4.78 is 40.4. The van der Waals surface area contributed by atoms with Gasteiger partial charge in [-0.15, -0.1) is 0 Å². The maximum absolute atomic E-state index is 12.9. The summed E-state index contributed by atoms with van der Waals surface area (Å²) in [6, 6.07) is 4.84. The number of sulfonamides is 1. The Labute approximate surface area is 114 Å². The van der Waals surface area contributed by atoms with Crippen molar-refractivity contribution >= 4 is 21.7 Å². The number of carbonyl (C=O) groups is 1. The predicted octanol–water partition coefficient (Wildman–Crippen LogP) is 0.459. The number of amides is 1. The number of nitrogens with zero attached hydrogens (tertiary/aromatic N) is 2. The Kier molecular flexibility index (Phi) is 3.45. The van der Waals surface area contributed by atoms with Crippen molar-refractivity contribution in [3.8, 4) is 0 Å². The molecule has 2 aromatic rings. The summed E-state index contributed by atoms with van der Waals surface area (Å²) >= 11 is 0. The fraction of sp³-hybridized carbons (Fsp3) is 0.0909. The van der Waals surface area contributed by atoms with Crippen LogP contribution >= 0.6 is 0 Å². The first kappa shape index (κ1) is 14.0. The van der Waals surface area contributed by atoms with Gasteiger partial charge in [0.15, 0.2) is 0 Å². The van der Waals surface area contributed by atoms with Crippen LogP contribution in [0, 0.1) is 5.95 Å². The Morgan fingerprint density at radius 1 is 1.45 bits per heavy atom. The van der Waals surface area contributed by atoms with Crippen LogP contribution in [0.4, 0.5) is 10.2 Å². The molecule has 0 saturated heterocycles. The average Bonchev–Trinajstić information content (AvgIpc) is 2.71. The predicted molar refractivity (Wildman–Crippen MR) is 68.9 cm³/mol. The molecule has 0 aliphatic rings. The summed E-state index contributed by atoms with van der Waals surface area (Å²) in [5.74, 6) is -1.72. The number of aryl methyl sites for hydroxylation is 1. The highest BCUT2D eigenvalue weighted by atomic mass is 32.2. The van der Waals surface area contributed by atoms with Crippen molar-refractivity contribution in [3.05, 3.63) is 42.1 Å². The number of carbonyl (C=O) groups excluding carboxylic acids is 1. The lowest BCUT2D eigenvalue weighted by molar-refractivity contribution is 0.0992. The van der Waals surface area contributed by atoms with Gasteiger partial charge in [0.25, 0.3) is 15.9 Å². The van der Waals surface area contributed by atoms with E-state index in [2.05, 4.69) is 9.71 Å². The molecule has 0 radical (unpaired) electrons. The summed E-state index contributed by atoms with van der Waals surface area (Å²) in [6.07, 6.45) is 1.22. The number of rotatable bonds is 4. The number of pyridine rings is 1. The average molecular weight is 298 g/mol. The van der Waals surface area contributed by atoms with Crippen LogP contribution in [0.3, 0.4) is 0 Å². The molecule has 0 aliphatic carbocycles. The summed E-state index contributed by atoms with van der Waals surface area (Å²) in [5, 5.41) is 0. The topological polar surface area (TPSA) is 107 Å². The van der Waals surface area contributed by atoms with Crippen molar-refractivity contribution in [3.63, 3.8) is 0 Å². The summed E-state index contributed by atoms with van der Waals surface area (Å²) in [5.41, 5.74) is 5.15. The van der Waals surface area contributed by atoms with E-state index >= 15 is 0 Å². The zero-order valence-electron chi connectivity index (χ0n) is 10.4. The van der Waals surface area contributed by atoms with Crippen molar-refractivity contribution in [2.75, 3.05) is 4.72 Å². The van der Waals surface area contributed by atoms with Crippen LogP contribution in [-0.2, 0) is 17.1 Å². The van der Waals surface area contributed by atoms with Crippen molar-refractivity contribution in [1.82, 2.24) is 9.55 Å². The molecule has 0 fully saturated rings. The number of primary amides is 1. The van der Waals surface area contributed by atoms with Crippen molar-refractivity contribution in [1.29, 1.82) is 0 Å². The van der Waals surface area contributed by atoms with Gasteiger partial charge >= 0.3 is 0 Å². The van der Waals surface area contributed by atoms with E-state index < -0.39 is 21.9 Å². The van der Waals surface area contributed by atoms with Gasteiger partial charge in [-0.2, -0.15) is 4.39 Å². The molecule has 2 heterocycles. The van der Waals surface area contributed by atoms with Crippen LogP contribution in [0.15, 0.2) is 35.4 Å². The molecule has 0 aromatic carbocycles. The van der Waals surface area contributed by atoms with E-state index in [1.165, 1.54) is 29.9 Å². The third-order valence-corrected chi connectivity index (χ3v) is 3.82. The fourth-order valence-corrected chi connectivity index (χ4v) is 2.66. The molecule has 0 atom stereocenters. The van der Waals surface area contributed by atoms with E-state index in [-0.39, 0.29) is 16.4 Å². The number of aromatic nitrogens is 2. The number of nitrogens with two attached hydrogens (primary N) is 1. The third-order valence-electron chi connectivity index (χ3n) is 2.50. The molecule has 106 valence electrons. The fourth-order valence-electron chi connectivity index (χ4n) is 1.59. The Morgan fingerprint density at radius 2 is 2.15 bits per heavy atom. The lowest BCUT2D eigenvalue weighted by atomic mass is 10.4. The van der Waals surface area contributed by atoms with Crippen LogP contribution in [-0.4, -0.2) is 23.9 Å². The minimum absolute atomic E-state index is 0.0394. The van der Waals surface area contributed by atoms with Crippen molar-refractivity contribution in [2.45, 2.75) is 4.90 Å². The molecular formula is C11H11FN4O3S. The molecule has 2 rings (SSSR count). The molecule has 0 aliphatic heterocycles. The summed E-state index contributed by atoms with van der Waals surface area (Å²) in [6.45, 7) is 0. The third kappa shape index (κ3) is 2.77. The van der Waals surface area contributed by atoms with Crippen molar-refractivity contribution in [2.24, 2.45) is 12.8 Å². The number of anilines is 1. The van der Waals surface area contributed by atoms with Gasteiger partial charge in [-0.25, -0.2) is 13.4 Å². The van der Waals surface area contributed by atoms with Crippen LogP contribution in [0.1, 0.15) is 10.5 Å². The standard InChI is InChI=1S/C11H11FN4O3S/c1-16-6-7(5-8(16)11(13)17)20(18,19)15-10-4-2-3-9(12)14-10/h2-6H,1H3,(H2,13,17)(H,14,15). The van der Waals surface area contributed by atoms with Crippen LogP contribution in [0.2, 0.25) is 0 Å². The van der Waals surface area contributed by atoms with Gasteiger partial charge in [-0.1, -0.05) is 6.07 Å². The van der Waals surface area contributed by atoms with E-state index in [0.29, 0.717) is 0 Å². The molecule has 0 bridgehead atoms. The minimum Gasteiger partial charge on any atom is -0.364 e. The molecule has 20 heavy (non-hydrogen) atoms. The van der Waals surface area contributed by atoms with Gasteiger partial charge in [-0.3, -0.25) is 9.52 Å². The van der Waals surface area contributed by atoms with Gasteiger partial charge in [-0.05, 0) is 18.2 Å². The monoisotopic (exact) mass is 298 g/mol. The quantitative estimate of drug-likeness (QED) is 0.799. The van der Waals surface area contributed by atoms with Crippen LogP contribution in [0.5, 0.6) is 0 Å².